The molecule has 7 nitrogen and oxygen atoms in total. The van der Waals surface area contributed by atoms with E-state index in [-0.39, 0.29) is 16.7 Å². The number of aromatic nitrogens is 2. The van der Waals surface area contributed by atoms with Crippen molar-refractivity contribution in [3.8, 4) is 0 Å². The Kier molecular flexibility index (Phi) is 6.79. The highest BCUT2D eigenvalue weighted by atomic mass is 32.2. The van der Waals surface area contributed by atoms with E-state index in [0.717, 1.165) is 31.0 Å². The first-order valence-electron chi connectivity index (χ1n) is 9.58. The normalized spacial score (nSPS) is 16.2. The van der Waals surface area contributed by atoms with Gasteiger partial charge in [-0.15, -0.1) is 0 Å². The maximum Gasteiger partial charge on any atom is 0.243 e. The summed E-state index contributed by atoms with van der Waals surface area (Å²) in [6, 6.07) is 3.97. The zero-order valence-corrected chi connectivity index (χ0v) is 17.8. The molecule has 1 aromatic carbocycles. The number of allylic oxidation sites excluding steroid dienone is 1. The zero-order valence-electron chi connectivity index (χ0n) is 16.1. The second-order valence-electron chi connectivity index (χ2n) is 7.38. The molecule has 1 amide bonds. The van der Waals surface area contributed by atoms with E-state index >= 15 is 0 Å². The topological polar surface area (TPSA) is 101 Å². The van der Waals surface area contributed by atoms with Crippen LogP contribution in [0.15, 0.2) is 34.7 Å². The molecule has 0 bridgehead atoms. The van der Waals surface area contributed by atoms with E-state index in [9.17, 15) is 13.2 Å². The highest BCUT2D eigenvalue weighted by Crippen LogP contribution is 2.22. The lowest BCUT2D eigenvalue weighted by Crippen LogP contribution is -2.49. The van der Waals surface area contributed by atoms with Crippen LogP contribution in [0.2, 0.25) is 0 Å². The Morgan fingerprint density at radius 2 is 2.07 bits per heavy atom. The first-order valence-corrected chi connectivity index (χ1v) is 11.8. The van der Waals surface area contributed by atoms with E-state index in [1.807, 2.05) is 13.8 Å². The number of sulfonamides is 1. The fraction of sp³-hybridized carbons (Fsp3) is 0.526. The summed E-state index contributed by atoms with van der Waals surface area (Å²) in [5.41, 5.74) is 2.22. The van der Waals surface area contributed by atoms with Gasteiger partial charge < -0.3 is 5.32 Å². The molecule has 0 radical (unpaired) electrons. The van der Waals surface area contributed by atoms with E-state index in [2.05, 4.69) is 24.9 Å². The Labute approximate surface area is 170 Å². The standard InChI is InChI=1S/C19H26N4O3S2/c1-13(2)17(19(24)20-12-11-14-7-4-3-5-8-14)23-28(25,26)16-10-6-9-15-18(16)22-27-21-15/h6-7,9-10,13,17,23H,3-5,8,11-12H2,1-2H3,(H,20,24)/t17-/m1/s1. The molecule has 3 rings (SSSR count). The minimum absolute atomic E-state index is 0.0459. The molecule has 1 aliphatic rings. The third-order valence-electron chi connectivity index (χ3n) is 4.90. The summed E-state index contributed by atoms with van der Waals surface area (Å²) in [5, 5.41) is 2.88. The molecule has 2 N–H and O–H groups in total. The van der Waals surface area contributed by atoms with E-state index < -0.39 is 16.1 Å². The van der Waals surface area contributed by atoms with Crippen LogP contribution in [-0.4, -0.2) is 35.7 Å². The smallest absolute Gasteiger partial charge is 0.243 e. The van der Waals surface area contributed by atoms with Crippen molar-refractivity contribution in [2.45, 2.75) is 56.9 Å². The Bertz CT molecular complexity index is 966. The van der Waals surface area contributed by atoms with Gasteiger partial charge in [0, 0.05) is 6.54 Å². The van der Waals surface area contributed by atoms with Gasteiger partial charge in [0.25, 0.3) is 0 Å². The van der Waals surface area contributed by atoms with Crippen LogP contribution in [-0.2, 0) is 14.8 Å². The van der Waals surface area contributed by atoms with E-state index in [4.69, 9.17) is 0 Å². The molecule has 1 aliphatic carbocycles. The van der Waals surface area contributed by atoms with Crippen molar-refractivity contribution in [1.82, 2.24) is 18.8 Å². The molecule has 9 heteroatoms. The van der Waals surface area contributed by atoms with Crippen molar-refractivity contribution in [2.24, 2.45) is 5.92 Å². The Morgan fingerprint density at radius 3 is 2.79 bits per heavy atom. The third kappa shape index (κ3) is 4.95. The summed E-state index contributed by atoms with van der Waals surface area (Å²) in [4.78, 5) is 12.7. The molecule has 28 heavy (non-hydrogen) atoms. The SMILES string of the molecule is CC(C)[C@@H](NS(=O)(=O)c1cccc2nsnc12)C(=O)NCCC1=CCCCC1. The second kappa shape index (κ2) is 9.11. The van der Waals surface area contributed by atoms with Gasteiger partial charge in [-0.05, 0) is 50.2 Å². The number of rotatable bonds is 8. The van der Waals surface area contributed by atoms with Crippen molar-refractivity contribution in [1.29, 1.82) is 0 Å². The lowest BCUT2D eigenvalue weighted by molar-refractivity contribution is -0.123. The Hall–Kier alpha value is -1.84. The third-order valence-corrected chi connectivity index (χ3v) is 6.92. The van der Waals surface area contributed by atoms with Gasteiger partial charge in [-0.1, -0.05) is 31.6 Å². The van der Waals surface area contributed by atoms with Crippen LogP contribution in [0.4, 0.5) is 0 Å². The van der Waals surface area contributed by atoms with Crippen molar-refractivity contribution in [3.05, 3.63) is 29.8 Å². The maximum absolute atomic E-state index is 12.9. The maximum atomic E-state index is 12.9. The zero-order chi connectivity index (χ0) is 20.1. The van der Waals surface area contributed by atoms with Gasteiger partial charge in [0.15, 0.2) is 0 Å². The minimum atomic E-state index is -3.91. The summed E-state index contributed by atoms with van der Waals surface area (Å²) in [6.45, 7) is 4.16. The number of carbonyl (C=O) groups excluding carboxylic acids is 1. The molecule has 0 unspecified atom stereocenters. The summed E-state index contributed by atoms with van der Waals surface area (Å²) in [6.07, 6.45) is 7.68. The van der Waals surface area contributed by atoms with E-state index in [1.165, 1.54) is 24.5 Å². The molecule has 0 saturated carbocycles. The average Bonchev–Trinajstić information content (AvgIpc) is 3.15. The van der Waals surface area contributed by atoms with Gasteiger partial charge in [0.1, 0.15) is 22.0 Å². The summed E-state index contributed by atoms with van der Waals surface area (Å²) >= 11 is 0.962. The monoisotopic (exact) mass is 422 g/mol. The lowest BCUT2D eigenvalue weighted by atomic mass is 9.97. The number of hydrogen-bond donors (Lipinski definition) is 2. The molecule has 0 saturated heterocycles. The first kappa shape index (κ1) is 20.9. The van der Waals surface area contributed by atoms with Crippen LogP contribution in [0.3, 0.4) is 0 Å². The lowest BCUT2D eigenvalue weighted by Gasteiger charge is -2.22. The predicted octanol–water partition coefficient (Wildman–Crippen LogP) is 3.00. The van der Waals surface area contributed by atoms with Gasteiger partial charge in [-0.3, -0.25) is 4.79 Å². The highest BCUT2D eigenvalue weighted by Gasteiger charge is 2.29. The van der Waals surface area contributed by atoms with E-state index in [0.29, 0.717) is 17.6 Å². The minimum Gasteiger partial charge on any atom is -0.354 e. The van der Waals surface area contributed by atoms with Crippen LogP contribution >= 0.6 is 11.7 Å². The Balaban J connectivity index is 1.68. The van der Waals surface area contributed by atoms with Gasteiger partial charge in [-0.2, -0.15) is 13.5 Å². The summed E-state index contributed by atoms with van der Waals surface area (Å²) in [5.74, 6) is -0.505. The number of fused-ring (bicyclic) bond motifs is 1. The van der Waals surface area contributed by atoms with Crippen LogP contribution in [0.5, 0.6) is 0 Å². The molecule has 0 fully saturated rings. The first-order chi connectivity index (χ1) is 13.4. The molecule has 0 spiro atoms. The summed E-state index contributed by atoms with van der Waals surface area (Å²) < 4.78 is 36.6. The van der Waals surface area contributed by atoms with Crippen molar-refractivity contribution >= 4 is 38.7 Å². The number of benzene rings is 1. The largest absolute Gasteiger partial charge is 0.354 e. The Morgan fingerprint density at radius 1 is 1.25 bits per heavy atom. The summed E-state index contributed by atoms with van der Waals surface area (Å²) in [7, 11) is -3.91. The quantitative estimate of drug-likeness (QED) is 0.637. The van der Waals surface area contributed by atoms with Crippen LogP contribution in [0.25, 0.3) is 11.0 Å². The molecule has 152 valence electrons. The van der Waals surface area contributed by atoms with Gasteiger partial charge in [-0.25, -0.2) is 8.42 Å². The number of carbonyl (C=O) groups is 1. The molecular formula is C19H26N4O3S2. The molecular weight excluding hydrogens is 396 g/mol. The fourth-order valence-electron chi connectivity index (χ4n) is 3.31. The van der Waals surface area contributed by atoms with Crippen molar-refractivity contribution in [2.75, 3.05) is 6.54 Å². The molecule has 0 aliphatic heterocycles. The van der Waals surface area contributed by atoms with Crippen LogP contribution < -0.4 is 10.0 Å². The average molecular weight is 423 g/mol. The molecule has 1 aromatic heterocycles. The molecule has 1 atom stereocenters. The van der Waals surface area contributed by atoms with Gasteiger partial charge in [0.05, 0.1) is 11.7 Å². The highest BCUT2D eigenvalue weighted by molar-refractivity contribution is 7.89. The number of nitrogens with one attached hydrogen (secondary N) is 2. The van der Waals surface area contributed by atoms with Crippen molar-refractivity contribution in [3.63, 3.8) is 0 Å². The van der Waals surface area contributed by atoms with Crippen molar-refractivity contribution < 1.29 is 13.2 Å². The van der Waals surface area contributed by atoms with Gasteiger partial charge >= 0.3 is 0 Å². The van der Waals surface area contributed by atoms with E-state index in [1.54, 1.807) is 12.1 Å². The number of nitrogens with zero attached hydrogens (tertiary/aromatic N) is 2. The van der Waals surface area contributed by atoms with Crippen LogP contribution in [0.1, 0.15) is 46.0 Å². The van der Waals surface area contributed by atoms with Gasteiger partial charge in [0.2, 0.25) is 15.9 Å². The number of amides is 1. The fourth-order valence-corrected chi connectivity index (χ4v) is 5.42. The molecule has 2 aromatic rings. The second-order valence-corrected chi connectivity index (χ2v) is 9.59. The molecule has 1 heterocycles. The predicted molar refractivity (Wildman–Crippen MR) is 111 cm³/mol. The van der Waals surface area contributed by atoms with Crippen LogP contribution in [0, 0.1) is 5.92 Å². The number of hydrogen-bond acceptors (Lipinski definition) is 6.